The molecule has 0 N–H and O–H groups in total. The Morgan fingerprint density at radius 2 is 1.05 bits per heavy atom. The van der Waals surface area contributed by atoms with Gasteiger partial charge in [-0.3, -0.25) is 0 Å². The molecule has 1 heteroatoms. The van der Waals surface area contributed by atoms with Crippen LogP contribution in [0.1, 0.15) is 96.8 Å². The molecule has 0 saturated carbocycles. The Balaban J connectivity index is 2.17. The molecule has 19 heavy (non-hydrogen) atoms. The molecule has 0 spiro atoms. The summed E-state index contributed by atoms with van der Waals surface area (Å²) in [5.41, 5.74) is 0. The molecule has 0 radical (unpaired) electrons. The maximum Gasteiger partial charge on any atom is -0.00187 e. The molecule has 0 atom stereocenters. The van der Waals surface area contributed by atoms with Crippen LogP contribution in [0.5, 0.6) is 0 Å². The summed E-state index contributed by atoms with van der Waals surface area (Å²) in [6.07, 6.45) is 20.3. The molecule has 0 aromatic heterocycles. The Morgan fingerprint density at radius 3 is 1.53 bits per heavy atom. The third-order valence-corrected chi connectivity index (χ3v) is 4.53. The minimum Gasteiger partial charge on any atom is -0.303 e. The molecule has 1 saturated heterocycles. The van der Waals surface area contributed by atoms with Crippen LogP contribution in [0, 0.1) is 0 Å². The molecule has 0 unspecified atom stereocenters. The van der Waals surface area contributed by atoms with Crippen LogP contribution in [0.4, 0.5) is 0 Å². The fraction of sp³-hybridized carbons (Fsp3) is 1.00. The number of hydrogen-bond acceptors (Lipinski definition) is 1. The monoisotopic (exact) mass is 267 g/mol. The summed E-state index contributed by atoms with van der Waals surface area (Å²) in [5.74, 6) is 0. The summed E-state index contributed by atoms with van der Waals surface area (Å²) in [4.78, 5) is 2.76. The SMILES string of the molecule is CCCCCCN1CCCCCCCCCCCC1. The molecule has 0 amide bonds. The van der Waals surface area contributed by atoms with Gasteiger partial charge in [0.2, 0.25) is 0 Å². The third kappa shape index (κ3) is 10.4. The van der Waals surface area contributed by atoms with E-state index in [-0.39, 0.29) is 0 Å². The van der Waals surface area contributed by atoms with Gasteiger partial charge in [-0.05, 0) is 38.9 Å². The second-order valence-corrected chi connectivity index (χ2v) is 6.44. The molecule has 114 valence electrons. The summed E-state index contributed by atoms with van der Waals surface area (Å²) in [5, 5.41) is 0. The average Bonchev–Trinajstić information content (AvgIpc) is 2.45. The third-order valence-electron chi connectivity index (χ3n) is 4.53. The van der Waals surface area contributed by atoms with Gasteiger partial charge in [0.05, 0.1) is 0 Å². The zero-order valence-corrected chi connectivity index (χ0v) is 13.5. The Bertz CT molecular complexity index is 165. The van der Waals surface area contributed by atoms with E-state index in [2.05, 4.69) is 11.8 Å². The van der Waals surface area contributed by atoms with Crippen molar-refractivity contribution in [2.24, 2.45) is 0 Å². The zero-order valence-electron chi connectivity index (χ0n) is 13.5. The second-order valence-electron chi connectivity index (χ2n) is 6.44. The molecule has 0 aromatic carbocycles. The molecule has 1 aliphatic rings. The van der Waals surface area contributed by atoms with Crippen molar-refractivity contribution >= 4 is 0 Å². The predicted octanol–water partition coefficient (Wildman–Crippen LogP) is 5.78. The van der Waals surface area contributed by atoms with Gasteiger partial charge in [-0.2, -0.15) is 0 Å². The molecule has 0 bridgehead atoms. The summed E-state index contributed by atoms with van der Waals surface area (Å²) in [6.45, 7) is 6.40. The minimum atomic E-state index is 1.36. The van der Waals surface area contributed by atoms with Crippen molar-refractivity contribution in [1.82, 2.24) is 4.90 Å². The standard InChI is InChI=1S/C18H37N/c1-2-3-4-13-16-19-17-14-11-9-7-5-6-8-10-12-15-18-19/h2-18H2,1H3. The Hall–Kier alpha value is -0.0400. The maximum atomic E-state index is 2.76. The van der Waals surface area contributed by atoms with Crippen LogP contribution in [0.25, 0.3) is 0 Å². The quantitative estimate of drug-likeness (QED) is 0.570. The van der Waals surface area contributed by atoms with Crippen molar-refractivity contribution in [3.05, 3.63) is 0 Å². The van der Waals surface area contributed by atoms with Crippen LogP contribution in [0.15, 0.2) is 0 Å². The van der Waals surface area contributed by atoms with E-state index < -0.39 is 0 Å². The first-order valence-electron chi connectivity index (χ1n) is 9.16. The Kier molecular flexibility index (Phi) is 11.6. The number of hydrogen-bond donors (Lipinski definition) is 0. The first kappa shape index (κ1) is 17.0. The Morgan fingerprint density at radius 1 is 0.579 bits per heavy atom. The molecular weight excluding hydrogens is 230 g/mol. The van der Waals surface area contributed by atoms with E-state index in [0.717, 1.165) is 0 Å². The lowest BCUT2D eigenvalue weighted by Crippen LogP contribution is -2.27. The summed E-state index contributed by atoms with van der Waals surface area (Å²) >= 11 is 0. The van der Waals surface area contributed by atoms with Crippen molar-refractivity contribution in [1.29, 1.82) is 0 Å². The van der Waals surface area contributed by atoms with Gasteiger partial charge in [-0.1, -0.05) is 77.6 Å². The van der Waals surface area contributed by atoms with Gasteiger partial charge in [-0.15, -0.1) is 0 Å². The second kappa shape index (κ2) is 13.0. The highest BCUT2D eigenvalue weighted by molar-refractivity contribution is 4.61. The van der Waals surface area contributed by atoms with Crippen molar-refractivity contribution in [3.63, 3.8) is 0 Å². The van der Waals surface area contributed by atoms with Crippen molar-refractivity contribution in [2.45, 2.75) is 96.8 Å². The summed E-state index contributed by atoms with van der Waals surface area (Å²) in [6, 6.07) is 0. The molecule has 1 aliphatic heterocycles. The molecule has 1 heterocycles. The van der Waals surface area contributed by atoms with Gasteiger partial charge in [0.1, 0.15) is 0 Å². The average molecular weight is 268 g/mol. The van der Waals surface area contributed by atoms with Gasteiger partial charge < -0.3 is 4.90 Å². The van der Waals surface area contributed by atoms with E-state index in [1.807, 2.05) is 0 Å². The van der Waals surface area contributed by atoms with Crippen molar-refractivity contribution in [3.8, 4) is 0 Å². The smallest absolute Gasteiger partial charge is 0.00187 e. The van der Waals surface area contributed by atoms with Crippen LogP contribution in [0.3, 0.4) is 0 Å². The van der Waals surface area contributed by atoms with Gasteiger partial charge >= 0.3 is 0 Å². The van der Waals surface area contributed by atoms with Gasteiger partial charge in [0.15, 0.2) is 0 Å². The van der Waals surface area contributed by atoms with E-state index in [1.54, 1.807) is 0 Å². The molecule has 1 nitrogen and oxygen atoms in total. The van der Waals surface area contributed by atoms with Gasteiger partial charge in [0.25, 0.3) is 0 Å². The van der Waals surface area contributed by atoms with Crippen LogP contribution in [0.2, 0.25) is 0 Å². The largest absolute Gasteiger partial charge is 0.303 e. The van der Waals surface area contributed by atoms with E-state index >= 15 is 0 Å². The first-order chi connectivity index (χ1) is 9.43. The zero-order chi connectivity index (χ0) is 13.6. The van der Waals surface area contributed by atoms with E-state index in [1.165, 1.54) is 110 Å². The molecule has 0 aromatic rings. The predicted molar refractivity (Wildman–Crippen MR) is 86.8 cm³/mol. The van der Waals surface area contributed by atoms with Crippen LogP contribution in [-0.2, 0) is 0 Å². The highest BCUT2D eigenvalue weighted by Crippen LogP contribution is 2.13. The highest BCUT2D eigenvalue weighted by Gasteiger charge is 2.05. The summed E-state index contributed by atoms with van der Waals surface area (Å²) in [7, 11) is 0. The van der Waals surface area contributed by atoms with E-state index in [4.69, 9.17) is 0 Å². The molecular formula is C18H37N. The van der Waals surface area contributed by atoms with Gasteiger partial charge in [-0.25, -0.2) is 0 Å². The first-order valence-corrected chi connectivity index (χ1v) is 9.16. The highest BCUT2D eigenvalue weighted by atomic mass is 15.1. The van der Waals surface area contributed by atoms with Crippen LogP contribution < -0.4 is 0 Å². The fourth-order valence-electron chi connectivity index (χ4n) is 3.18. The van der Waals surface area contributed by atoms with Crippen LogP contribution in [-0.4, -0.2) is 24.5 Å². The number of unbranched alkanes of at least 4 members (excludes halogenated alkanes) is 3. The van der Waals surface area contributed by atoms with Crippen LogP contribution >= 0.6 is 0 Å². The lowest BCUT2D eigenvalue weighted by atomic mass is 10.1. The fourth-order valence-corrected chi connectivity index (χ4v) is 3.18. The van der Waals surface area contributed by atoms with E-state index in [9.17, 15) is 0 Å². The molecule has 1 rings (SSSR count). The Labute approximate surface area is 122 Å². The minimum absolute atomic E-state index is 1.36. The van der Waals surface area contributed by atoms with Crippen molar-refractivity contribution < 1.29 is 0 Å². The maximum absolute atomic E-state index is 2.76. The number of rotatable bonds is 5. The lowest BCUT2D eigenvalue weighted by Gasteiger charge is -2.22. The topological polar surface area (TPSA) is 3.24 Å². The molecule has 0 aliphatic carbocycles. The van der Waals surface area contributed by atoms with Crippen molar-refractivity contribution in [2.75, 3.05) is 19.6 Å². The number of nitrogens with zero attached hydrogens (tertiary/aromatic N) is 1. The molecule has 1 fully saturated rings. The normalized spacial score (nSPS) is 21.3. The van der Waals surface area contributed by atoms with E-state index in [0.29, 0.717) is 0 Å². The van der Waals surface area contributed by atoms with Gasteiger partial charge in [0, 0.05) is 0 Å². The lowest BCUT2D eigenvalue weighted by molar-refractivity contribution is 0.255. The summed E-state index contributed by atoms with van der Waals surface area (Å²) < 4.78 is 0.